The van der Waals surface area contributed by atoms with Crippen molar-refractivity contribution in [1.29, 1.82) is 0 Å². The van der Waals surface area contributed by atoms with Gasteiger partial charge in [-0.25, -0.2) is 4.98 Å². The van der Waals surface area contributed by atoms with E-state index in [4.69, 9.17) is 22.1 Å². The molecule has 0 amide bonds. The van der Waals surface area contributed by atoms with Crippen LogP contribution >= 0.6 is 11.6 Å². The predicted octanol–water partition coefficient (Wildman–Crippen LogP) is 3.26. The number of nitrogens with zero attached hydrogens (tertiary/aromatic N) is 2. The highest BCUT2D eigenvalue weighted by atomic mass is 35.5. The molecule has 0 saturated carbocycles. The minimum absolute atomic E-state index is 0.0474. The second-order valence-electron chi connectivity index (χ2n) is 3.85. The summed E-state index contributed by atoms with van der Waals surface area (Å²) in [6.45, 7) is 3.68. The lowest BCUT2D eigenvalue weighted by Crippen LogP contribution is -1.99. The Balaban J connectivity index is 2.37. The van der Waals surface area contributed by atoms with E-state index in [1.165, 1.54) is 0 Å². The van der Waals surface area contributed by atoms with Crippen molar-refractivity contribution in [2.75, 3.05) is 5.73 Å². The van der Waals surface area contributed by atoms with E-state index in [9.17, 15) is 4.39 Å². The van der Waals surface area contributed by atoms with Gasteiger partial charge in [0.2, 0.25) is 11.8 Å². The Morgan fingerprint density at radius 1 is 1.28 bits per heavy atom. The molecule has 0 unspecified atom stereocenters. The van der Waals surface area contributed by atoms with Gasteiger partial charge in [0, 0.05) is 5.02 Å². The fourth-order valence-corrected chi connectivity index (χ4v) is 1.62. The van der Waals surface area contributed by atoms with Gasteiger partial charge in [-0.15, -0.1) is 0 Å². The van der Waals surface area contributed by atoms with Crippen molar-refractivity contribution in [3.8, 4) is 11.6 Å². The van der Waals surface area contributed by atoms with Crippen LogP contribution in [0.4, 0.5) is 10.3 Å². The number of hydrogen-bond donors (Lipinski definition) is 1. The molecule has 0 aliphatic carbocycles. The minimum atomic E-state index is -0.672. The van der Waals surface area contributed by atoms with Gasteiger partial charge in [0.1, 0.15) is 5.75 Å². The summed E-state index contributed by atoms with van der Waals surface area (Å²) in [5.74, 6) is -0.474. The molecule has 0 fully saturated rings. The molecule has 94 valence electrons. The maximum atomic E-state index is 13.4. The van der Waals surface area contributed by atoms with E-state index in [0.717, 1.165) is 17.3 Å². The zero-order chi connectivity index (χ0) is 13.3. The monoisotopic (exact) mass is 267 g/mol. The quantitative estimate of drug-likeness (QED) is 0.907. The zero-order valence-electron chi connectivity index (χ0n) is 9.87. The number of rotatable bonds is 2. The Kier molecular flexibility index (Phi) is 3.34. The first-order chi connectivity index (χ1) is 8.47. The molecule has 0 radical (unpaired) electrons. The fraction of sp³-hybridized carbons (Fsp3) is 0.167. The molecule has 2 N–H and O–H groups in total. The van der Waals surface area contributed by atoms with Crippen LogP contribution in [0.5, 0.6) is 11.6 Å². The fourth-order valence-electron chi connectivity index (χ4n) is 1.51. The second kappa shape index (κ2) is 4.78. The zero-order valence-corrected chi connectivity index (χ0v) is 10.6. The molecular weight excluding hydrogens is 257 g/mol. The van der Waals surface area contributed by atoms with Crippen LogP contribution in [0.1, 0.15) is 11.1 Å². The van der Waals surface area contributed by atoms with Gasteiger partial charge in [-0.1, -0.05) is 11.6 Å². The van der Waals surface area contributed by atoms with Crippen molar-refractivity contribution in [3.05, 3.63) is 40.3 Å². The van der Waals surface area contributed by atoms with Crippen molar-refractivity contribution < 1.29 is 9.13 Å². The van der Waals surface area contributed by atoms with Crippen LogP contribution in [-0.2, 0) is 0 Å². The molecule has 1 heterocycles. The Bertz CT molecular complexity index is 581. The largest absolute Gasteiger partial charge is 0.436 e. The summed E-state index contributed by atoms with van der Waals surface area (Å²) in [6, 6.07) is 3.40. The van der Waals surface area contributed by atoms with Crippen LogP contribution in [0.25, 0.3) is 0 Å². The van der Waals surface area contributed by atoms with Crippen molar-refractivity contribution in [2.24, 2.45) is 0 Å². The van der Waals surface area contributed by atoms with Crippen LogP contribution in [-0.4, -0.2) is 9.97 Å². The molecule has 0 atom stereocenters. The van der Waals surface area contributed by atoms with Gasteiger partial charge in [0.25, 0.3) is 5.88 Å². The van der Waals surface area contributed by atoms with Crippen molar-refractivity contribution in [3.63, 3.8) is 0 Å². The summed E-state index contributed by atoms with van der Waals surface area (Å²) in [7, 11) is 0. The molecule has 2 rings (SSSR count). The molecule has 4 nitrogen and oxygen atoms in total. The van der Waals surface area contributed by atoms with Crippen LogP contribution in [0.15, 0.2) is 18.3 Å². The lowest BCUT2D eigenvalue weighted by Gasteiger charge is -2.09. The Labute approximate surface area is 109 Å². The predicted molar refractivity (Wildman–Crippen MR) is 67.4 cm³/mol. The number of benzene rings is 1. The maximum absolute atomic E-state index is 13.4. The lowest BCUT2D eigenvalue weighted by atomic mass is 10.1. The molecule has 1 aromatic heterocycles. The number of hydrogen-bond acceptors (Lipinski definition) is 4. The summed E-state index contributed by atoms with van der Waals surface area (Å²) in [4.78, 5) is 7.21. The average molecular weight is 268 g/mol. The average Bonchev–Trinajstić information content (AvgIpc) is 2.31. The second-order valence-corrected chi connectivity index (χ2v) is 4.23. The third kappa shape index (κ3) is 2.51. The first-order valence-electron chi connectivity index (χ1n) is 5.20. The SMILES string of the molecule is Cc1cc(Oc2nc(N)ncc2F)cc(C)c1Cl. The van der Waals surface area contributed by atoms with Gasteiger partial charge in [-0.2, -0.15) is 9.37 Å². The van der Waals surface area contributed by atoms with Crippen molar-refractivity contribution in [1.82, 2.24) is 9.97 Å². The van der Waals surface area contributed by atoms with Crippen molar-refractivity contribution in [2.45, 2.75) is 13.8 Å². The molecule has 18 heavy (non-hydrogen) atoms. The van der Waals surface area contributed by atoms with E-state index in [1.807, 2.05) is 13.8 Å². The summed E-state index contributed by atoms with van der Waals surface area (Å²) in [6.07, 6.45) is 0.966. The van der Waals surface area contributed by atoms with Crippen LogP contribution in [0, 0.1) is 19.7 Å². The summed E-state index contributed by atoms with van der Waals surface area (Å²) in [5.41, 5.74) is 7.06. The third-order valence-corrected chi connectivity index (χ3v) is 2.95. The Morgan fingerprint density at radius 3 is 2.50 bits per heavy atom. The van der Waals surface area contributed by atoms with Gasteiger partial charge in [-0.3, -0.25) is 0 Å². The normalized spacial score (nSPS) is 10.4. The molecule has 0 bridgehead atoms. The number of nitrogen functional groups attached to an aromatic ring is 1. The van der Waals surface area contributed by atoms with Gasteiger partial charge in [0.15, 0.2) is 0 Å². The number of ether oxygens (including phenoxy) is 1. The number of aromatic nitrogens is 2. The molecule has 1 aromatic carbocycles. The van der Waals surface area contributed by atoms with Gasteiger partial charge in [0.05, 0.1) is 6.20 Å². The minimum Gasteiger partial charge on any atom is -0.436 e. The third-order valence-electron chi connectivity index (χ3n) is 2.36. The van der Waals surface area contributed by atoms with Crippen LogP contribution in [0.3, 0.4) is 0 Å². The van der Waals surface area contributed by atoms with E-state index < -0.39 is 5.82 Å². The van der Waals surface area contributed by atoms with Crippen molar-refractivity contribution >= 4 is 17.5 Å². The number of aryl methyl sites for hydroxylation is 2. The molecule has 6 heteroatoms. The van der Waals surface area contributed by atoms with E-state index in [-0.39, 0.29) is 11.8 Å². The first-order valence-corrected chi connectivity index (χ1v) is 5.58. The summed E-state index contributed by atoms with van der Waals surface area (Å²) in [5, 5.41) is 0.657. The Morgan fingerprint density at radius 2 is 1.89 bits per heavy atom. The smallest absolute Gasteiger partial charge is 0.260 e. The first kappa shape index (κ1) is 12.6. The van der Waals surface area contributed by atoms with E-state index in [2.05, 4.69) is 9.97 Å². The molecule has 0 spiro atoms. The Hall–Kier alpha value is -1.88. The van der Waals surface area contributed by atoms with E-state index in [1.54, 1.807) is 12.1 Å². The van der Waals surface area contributed by atoms with E-state index >= 15 is 0 Å². The standard InChI is InChI=1S/C12H11ClFN3O/c1-6-3-8(4-7(2)10(6)13)18-11-9(14)5-16-12(15)17-11/h3-5H,1-2H3,(H2,15,16,17). The van der Waals surface area contributed by atoms with E-state index in [0.29, 0.717) is 10.8 Å². The van der Waals surface area contributed by atoms with Gasteiger partial charge >= 0.3 is 0 Å². The van der Waals surface area contributed by atoms with Gasteiger partial charge < -0.3 is 10.5 Å². The lowest BCUT2D eigenvalue weighted by molar-refractivity contribution is 0.420. The number of nitrogens with two attached hydrogens (primary N) is 1. The van der Waals surface area contributed by atoms with Crippen LogP contribution < -0.4 is 10.5 Å². The molecule has 0 saturated heterocycles. The maximum Gasteiger partial charge on any atom is 0.260 e. The number of halogens is 2. The molecule has 2 aromatic rings. The highest BCUT2D eigenvalue weighted by molar-refractivity contribution is 6.32. The molecule has 0 aliphatic rings. The summed E-state index contributed by atoms with van der Waals surface area (Å²) < 4.78 is 18.7. The topological polar surface area (TPSA) is 61.0 Å². The highest BCUT2D eigenvalue weighted by Crippen LogP contribution is 2.29. The molecule has 0 aliphatic heterocycles. The van der Waals surface area contributed by atoms with Crippen LogP contribution in [0.2, 0.25) is 5.02 Å². The number of anilines is 1. The summed E-state index contributed by atoms with van der Waals surface area (Å²) >= 11 is 6.03. The molecular formula is C12H11ClFN3O. The van der Waals surface area contributed by atoms with Gasteiger partial charge in [-0.05, 0) is 37.1 Å². The highest BCUT2D eigenvalue weighted by Gasteiger charge is 2.10.